The molecule has 0 spiro atoms. The highest BCUT2D eigenvalue weighted by molar-refractivity contribution is 5.94. The van der Waals surface area contributed by atoms with E-state index in [2.05, 4.69) is 10.3 Å². The van der Waals surface area contributed by atoms with Gasteiger partial charge in [-0.1, -0.05) is 5.16 Å². The van der Waals surface area contributed by atoms with Crippen LogP contribution in [0.3, 0.4) is 0 Å². The van der Waals surface area contributed by atoms with Crippen molar-refractivity contribution in [2.75, 3.05) is 6.54 Å². The van der Waals surface area contributed by atoms with Gasteiger partial charge in [0, 0.05) is 24.8 Å². The van der Waals surface area contributed by atoms with Crippen LogP contribution in [-0.4, -0.2) is 32.3 Å². The number of aryl methyl sites for hydroxylation is 1. The molecule has 21 heavy (non-hydrogen) atoms. The predicted molar refractivity (Wildman–Crippen MR) is 76.9 cm³/mol. The van der Waals surface area contributed by atoms with Crippen LogP contribution in [0.15, 0.2) is 23.0 Å². The molecule has 1 amide bonds. The highest BCUT2D eigenvalue weighted by atomic mass is 16.5. The van der Waals surface area contributed by atoms with Gasteiger partial charge < -0.3 is 9.42 Å². The van der Waals surface area contributed by atoms with Crippen LogP contribution >= 0.6 is 0 Å². The molecule has 3 heterocycles. The molecule has 3 rings (SSSR count). The highest BCUT2D eigenvalue weighted by Crippen LogP contribution is 2.32. The molecule has 2 aromatic rings. The van der Waals surface area contributed by atoms with Crippen LogP contribution in [-0.2, 0) is 0 Å². The first kappa shape index (κ1) is 13.9. The maximum Gasteiger partial charge on any atom is 0.257 e. The van der Waals surface area contributed by atoms with Crippen LogP contribution in [0.25, 0.3) is 0 Å². The molecule has 1 aliphatic heterocycles. The first-order valence-corrected chi connectivity index (χ1v) is 7.34. The van der Waals surface area contributed by atoms with E-state index in [0.717, 1.165) is 30.8 Å². The van der Waals surface area contributed by atoms with Gasteiger partial charge in [0.05, 0.1) is 17.8 Å². The maximum atomic E-state index is 12.7. The summed E-state index contributed by atoms with van der Waals surface area (Å²) in [7, 11) is 0. The predicted octanol–water partition coefficient (Wildman–Crippen LogP) is 2.74. The quantitative estimate of drug-likeness (QED) is 0.871. The number of carbonyl (C=O) groups is 1. The summed E-state index contributed by atoms with van der Waals surface area (Å²) >= 11 is 0. The third kappa shape index (κ3) is 2.57. The van der Waals surface area contributed by atoms with Gasteiger partial charge in [-0.05, 0) is 33.6 Å². The molecule has 0 bridgehead atoms. The molecule has 0 N–H and O–H groups in total. The standard InChI is InChI=1S/C15H20N4O2/c1-10(2)19-9-12(8-16-19)15(20)18-6-4-5-14(18)13-7-11(3)21-17-13/h7-10,14H,4-6H2,1-3H3/t14-/m0/s1. The topological polar surface area (TPSA) is 64.2 Å². The van der Waals surface area contributed by atoms with E-state index in [4.69, 9.17) is 4.52 Å². The minimum atomic E-state index is 0.0114. The average molecular weight is 288 g/mol. The lowest BCUT2D eigenvalue weighted by Crippen LogP contribution is -2.30. The first-order chi connectivity index (χ1) is 10.1. The SMILES string of the molecule is Cc1cc([C@@H]2CCCN2C(=O)c2cnn(C(C)C)c2)no1. The number of nitrogens with zero attached hydrogens (tertiary/aromatic N) is 4. The van der Waals surface area contributed by atoms with Crippen LogP contribution in [0.4, 0.5) is 0 Å². The van der Waals surface area contributed by atoms with Crippen molar-refractivity contribution >= 4 is 5.91 Å². The average Bonchev–Trinajstić information content (AvgIpc) is 3.17. The molecule has 1 aliphatic rings. The smallest absolute Gasteiger partial charge is 0.257 e. The first-order valence-electron chi connectivity index (χ1n) is 7.34. The Morgan fingerprint density at radius 1 is 1.48 bits per heavy atom. The summed E-state index contributed by atoms with van der Waals surface area (Å²) in [6.45, 7) is 6.70. The lowest BCUT2D eigenvalue weighted by molar-refractivity contribution is 0.0730. The van der Waals surface area contributed by atoms with E-state index in [1.807, 2.05) is 37.9 Å². The molecule has 2 aromatic heterocycles. The van der Waals surface area contributed by atoms with Crippen molar-refractivity contribution in [3.63, 3.8) is 0 Å². The van der Waals surface area contributed by atoms with E-state index in [1.165, 1.54) is 0 Å². The second-order valence-corrected chi connectivity index (χ2v) is 5.82. The fourth-order valence-electron chi connectivity index (χ4n) is 2.76. The number of hydrogen-bond acceptors (Lipinski definition) is 4. The van der Waals surface area contributed by atoms with E-state index >= 15 is 0 Å². The Morgan fingerprint density at radius 3 is 2.90 bits per heavy atom. The highest BCUT2D eigenvalue weighted by Gasteiger charge is 2.33. The van der Waals surface area contributed by atoms with E-state index < -0.39 is 0 Å². The van der Waals surface area contributed by atoms with E-state index in [0.29, 0.717) is 5.56 Å². The monoisotopic (exact) mass is 288 g/mol. The fraction of sp³-hybridized carbons (Fsp3) is 0.533. The van der Waals surface area contributed by atoms with Gasteiger partial charge in [0.15, 0.2) is 0 Å². The summed E-state index contributed by atoms with van der Waals surface area (Å²) in [4.78, 5) is 14.6. The Kier molecular flexibility index (Phi) is 3.53. The van der Waals surface area contributed by atoms with Crippen molar-refractivity contribution in [1.29, 1.82) is 0 Å². The summed E-state index contributed by atoms with van der Waals surface area (Å²) in [5.74, 6) is 0.793. The van der Waals surface area contributed by atoms with Gasteiger partial charge in [-0.2, -0.15) is 5.10 Å². The van der Waals surface area contributed by atoms with Gasteiger partial charge in [0.25, 0.3) is 5.91 Å². The lowest BCUT2D eigenvalue weighted by Gasteiger charge is -2.22. The van der Waals surface area contributed by atoms with Gasteiger partial charge in [-0.15, -0.1) is 0 Å². The number of aromatic nitrogens is 3. The molecule has 112 valence electrons. The molecule has 0 saturated carbocycles. The molecule has 6 heteroatoms. The third-order valence-corrected chi connectivity index (χ3v) is 3.88. The van der Waals surface area contributed by atoms with Crippen molar-refractivity contribution in [1.82, 2.24) is 19.8 Å². The number of carbonyl (C=O) groups excluding carboxylic acids is 1. The summed E-state index contributed by atoms with van der Waals surface area (Å²) in [6, 6.07) is 2.17. The second kappa shape index (κ2) is 5.35. The molecule has 1 fully saturated rings. The minimum Gasteiger partial charge on any atom is -0.361 e. The molecule has 0 aliphatic carbocycles. The van der Waals surface area contributed by atoms with Crippen molar-refractivity contribution in [2.45, 2.75) is 45.7 Å². The van der Waals surface area contributed by atoms with Crippen LogP contribution in [0.5, 0.6) is 0 Å². The van der Waals surface area contributed by atoms with Crippen LogP contribution < -0.4 is 0 Å². The Balaban J connectivity index is 1.82. The van der Waals surface area contributed by atoms with Crippen LogP contribution in [0.1, 0.15) is 60.6 Å². The summed E-state index contributed by atoms with van der Waals surface area (Å²) < 4.78 is 6.95. The van der Waals surface area contributed by atoms with E-state index in [1.54, 1.807) is 10.9 Å². The molecular formula is C15H20N4O2. The zero-order chi connectivity index (χ0) is 15.0. The maximum absolute atomic E-state index is 12.7. The fourth-order valence-corrected chi connectivity index (χ4v) is 2.76. The molecule has 1 saturated heterocycles. The Bertz CT molecular complexity index is 644. The molecule has 1 atom stereocenters. The number of rotatable bonds is 3. The van der Waals surface area contributed by atoms with Gasteiger partial charge in [-0.3, -0.25) is 9.48 Å². The second-order valence-electron chi connectivity index (χ2n) is 5.82. The Labute approximate surface area is 123 Å². The molecule has 6 nitrogen and oxygen atoms in total. The Hall–Kier alpha value is -2.11. The van der Waals surface area contributed by atoms with Gasteiger partial charge in [0.2, 0.25) is 0 Å². The molecule has 0 radical (unpaired) electrons. The van der Waals surface area contributed by atoms with Gasteiger partial charge in [0.1, 0.15) is 11.5 Å². The van der Waals surface area contributed by atoms with E-state index in [9.17, 15) is 4.79 Å². The van der Waals surface area contributed by atoms with Crippen molar-refractivity contribution in [2.24, 2.45) is 0 Å². The third-order valence-electron chi connectivity index (χ3n) is 3.88. The minimum absolute atomic E-state index is 0.0114. The lowest BCUT2D eigenvalue weighted by atomic mass is 10.1. The molecule has 0 unspecified atom stereocenters. The molecule has 0 aromatic carbocycles. The van der Waals surface area contributed by atoms with Crippen molar-refractivity contribution in [3.8, 4) is 0 Å². The Morgan fingerprint density at radius 2 is 2.29 bits per heavy atom. The van der Waals surface area contributed by atoms with Crippen LogP contribution in [0.2, 0.25) is 0 Å². The van der Waals surface area contributed by atoms with Crippen molar-refractivity contribution in [3.05, 3.63) is 35.5 Å². The number of likely N-dealkylation sites (tertiary alicyclic amines) is 1. The summed E-state index contributed by atoms with van der Waals surface area (Å²) in [5.41, 5.74) is 1.48. The van der Waals surface area contributed by atoms with Gasteiger partial charge >= 0.3 is 0 Å². The van der Waals surface area contributed by atoms with E-state index in [-0.39, 0.29) is 18.0 Å². The van der Waals surface area contributed by atoms with Crippen molar-refractivity contribution < 1.29 is 9.32 Å². The summed E-state index contributed by atoms with van der Waals surface area (Å²) in [5, 5.41) is 8.31. The zero-order valence-electron chi connectivity index (χ0n) is 12.6. The normalized spacial score (nSPS) is 18.7. The number of hydrogen-bond donors (Lipinski definition) is 0. The molecular weight excluding hydrogens is 268 g/mol. The number of amides is 1. The largest absolute Gasteiger partial charge is 0.361 e. The van der Waals surface area contributed by atoms with Crippen LogP contribution in [0, 0.1) is 6.92 Å². The zero-order valence-corrected chi connectivity index (χ0v) is 12.6. The summed E-state index contributed by atoms with van der Waals surface area (Å²) in [6.07, 6.45) is 5.37. The van der Waals surface area contributed by atoms with Gasteiger partial charge in [-0.25, -0.2) is 0 Å².